The number of aryl methyl sites for hydroxylation is 2. The van der Waals surface area contributed by atoms with E-state index in [1.807, 2.05) is 62.4 Å². The molecule has 2 amide bonds. The Hall–Kier alpha value is -3.41. The minimum atomic E-state index is -0.637. The predicted octanol–water partition coefficient (Wildman–Crippen LogP) is 3.47. The molecule has 0 spiro atoms. The Morgan fingerprint density at radius 2 is 1.80 bits per heavy atom. The number of likely N-dealkylation sites (N-methyl/N-ethyl adjacent to an activating group) is 1. The first kappa shape index (κ1) is 21.3. The number of carbonyl (C=O) groups excluding carboxylic acids is 2. The van der Waals surface area contributed by atoms with E-state index in [1.54, 1.807) is 17.8 Å². The van der Waals surface area contributed by atoms with Crippen molar-refractivity contribution in [3.8, 4) is 11.3 Å². The van der Waals surface area contributed by atoms with Crippen LogP contribution in [0.3, 0.4) is 0 Å². The van der Waals surface area contributed by atoms with Gasteiger partial charge in [0.05, 0.1) is 12.1 Å². The zero-order valence-electron chi connectivity index (χ0n) is 17.9. The smallest absolute Gasteiger partial charge is 0.255 e. The van der Waals surface area contributed by atoms with Crippen molar-refractivity contribution >= 4 is 11.8 Å². The summed E-state index contributed by atoms with van der Waals surface area (Å²) < 4.78 is 1.77. The Morgan fingerprint density at radius 1 is 1.07 bits per heavy atom. The summed E-state index contributed by atoms with van der Waals surface area (Å²) in [5, 5.41) is 10.2. The molecule has 6 nitrogen and oxygen atoms in total. The predicted molar refractivity (Wildman–Crippen MR) is 118 cm³/mol. The van der Waals surface area contributed by atoms with Crippen LogP contribution < -0.4 is 10.6 Å². The number of carbonyl (C=O) groups is 2. The Bertz CT molecular complexity index is 1040. The quantitative estimate of drug-likeness (QED) is 0.633. The molecule has 0 aliphatic rings. The lowest BCUT2D eigenvalue weighted by molar-refractivity contribution is -0.122. The van der Waals surface area contributed by atoms with Gasteiger partial charge in [0.1, 0.15) is 11.7 Å². The second-order valence-electron chi connectivity index (χ2n) is 7.46. The van der Waals surface area contributed by atoms with E-state index in [1.165, 1.54) is 5.56 Å². The third-order valence-corrected chi connectivity index (χ3v) is 5.07. The van der Waals surface area contributed by atoms with Gasteiger partial charge < -0.3 is 10.6 Å². The van der Waals surface area contributed by atoms with E-state index in [0.717, 1.165) is 16.7 Å². The summed E-state index contributed by atoms with van der Waals surface area (Å²) in [5.41, 5.74) is 5.33. The first-order valence-corrected chi connectivity index (χ1v) is 10.2. The van der Waals surface area contributed by atoms with Crippen LogP contribution >= 0.6 is 0 Å². The normalized spacial score (nSPS) is 11.7. The van der Waals surface area contributed by atoms with Gasteiger partial charge >= 0.3 is 0 Å². The van der Waals surface area contributed by atoms with Crippen LogP contribution in [0, 0.1) is 13.8 Å². The van der Waals surface area contributed by atoms with Crippen molar-refractivity contribution in [3.63, 3.8) is 0 Å². The maximum Gasteiger partial charge on any atom is 0.255 e. The highest BCUT2D eigenvalue weighted by Gasteiger charge is 2.22. The summed E-state index contributed by atoms with van der Waals surface area (Å²) in [6, 6.07) is 15.4. The van der Waals surface area contributed by atoms with Crippen molar-refractivity contribution in [2.45, 2.75) is 40.3 Å². The molecule has 0 fully saturated rings. The van der Waals surface area contributed by atoms with Gasteiger partial charge in [0.15, 0.2) is 0 Å². The maximum atomic E-state index is 13.0. The monoisotopic (exact) mass is 404 g/mol. The highest BCUT2D eigenvalue weighted by atomic mass is 16.2. The van der Waals surface area contributed by atoms with Crippen molar-refractivity contribution in [2.75, 3.05) is 6.54 Å². The van der Waals surface area contributed by atoms with Crippen LogP contribution in [0.15, 0.2) is 54.7 Å². The molecular formula is C24H28N4O2. The molecule has 2 N–H and O–H groups in total. The molecule has 0 saturated carbocycles. The molecule has 6 heteroatoms. The second-order valence-corrected chi connectivity index (χ2v) is 7.46. The lowest BCUT2D eigenvalue weighted by Crippen LogP contribution is -2.44. The van der Waals surface area contributed by atoms with E-state index < -0.39 is 6.04 Å². The molecular weight excluding hydrogens is 376 g/mol. The average molecular weight is 405 g/mol. The van der Waals surface area contributed by atoms with Gasteiger partial charge in [0.2, 0.25) is 5.91 Å². The Labute approximate surface area is 177 Å². The molecule has 30 heavy (non-hydrogen) atoms. The molecule has 1 aromatic heterocycles. The van der Waals surface area contributed by atoms with Crippen LogP contribution in [0.5, 0.6) is 0 Å². The van der Waals surface area contributed by atoms with Crippen LogP contribution in [-0.4, -0.2) is 34.2 Å². The number of amides is 2. The lowest BCUT2D eigenvalue weighted by atomic mass is 10.0. The van der Waals surface area contributed by atoms with Gasteiger partial charge in [0.25, 0.3) is 5.91 Å². The second kappa shape index (κ2) is 9.39. The average Bonchev–Trinajstić information content (AvgIpc) is 3.15. The van der Waals surface area contributed by atoms with Gasteiger partial charge in [-0.25, -0.2) is 0 Å². The number of hydrogen-bond donors (Lipinski definition) is 2. The Kier molecular flexibility index (Phi) is 6.67. The lowest BCUT2D eigenvalue weighted by Gasteiger charge is -2.13. The number of rotatable bonds is 7. The largest absolute Gasteiger partial charge is 0.355 e. The molecule has 1 atom stereocenters. The Balaban J connectivity index is 1.95. The zero-order valence-corrected chi connectivity index (χ0v) is 17.9. The van der Waals surface area contributed by atoms with Gasteiger partial charge in [-0.05, 0) is 50.5 Å². The zero-order chi connectivity index (χ0) is 21.7. The topological polar surface area (TPSA) is 76.0 Å². The Morgan fingerprint density at radius 3 is 2.47 bits per heavy atom. The van der Waals surface area contributed by atoms with E-state index in [4.69, 9.17) is 5.10 Å². The number of benzene rings is 2. The number of hydrogen-bond acceptors (Lipinski definition) is 3. The standard InChI is InChI=1S/C24H28N4O2/c1-5-25-23(29)18(4)26-24(30)21-15-28(14-19-9-7-6-8-10-19)27-22(21)20-12-11-16(2)17(3)13-20/h6-13,15,18H,5,14H2,1-4H3,(H,25,29)(H,26,30)/t18-/m0/s1. The number of nitrogens with one attached hydrogen (secondary N) is 2. The highest BCUT2D eigenvalue weighted by Crippen LogP contribution is 2.25. The van der Waals surface area contributed by atoms with Crippen molar-refractivity contribution in [3.05, 3.63) is 77.0 Å². The van der Waals surface area contributed by atoms with Crippen LogP contribution in [0.1, 0.15) is 40.9 Å². The van der Waals surface area contributed by atoms with E-state index in [-0.39, 0.29) is 11.8 Å². The SMILES string of the molecule is CCNC(=O)[C@H](C)NC(=O)c1cn(Cc2ccccc2)nc1-c1ccc(C)c(C)c1. The molecule has 2 aromatic carbocycles. The van der Waals surface area contributed by atoms with Crippen LogP contribution in [0.25, 0.3) is 11.3 Å². The minimum Gasteiger partial charge on any atom is -0.355 e. The summed E-state index contributed by atoms with van der Waals surface area (Å²) >= 11 is 0. The first-order valence-electron chi connectivity index (χ1n) is 10.2. The molecule has 0 saturated heterocycles. The van der Waals surface area contributed by atoms with Gasteiger partial charge in [-0.1, -0.05) is 42.5 Å². The number of aromatic nitrogens is 2. The van der Waals surface area contributed by atoms with E-state index >= 15 is 0 Å². The molecule has 0 unspecified atom stereocenters. The molecule has 0 aliphatic carbocycles. The van der Waals surface area contributed by atoms with E-state index in [2.05, 4.69) is 17.6 Å². The van der Waals surface area contributed by atoms with Gasteiger partial charge in [-0.2, -0.15) is 5.10 Å². The van der Waals surface area contributed by atoms with E-state index in [0.29, 0.717) is 24.3 Å². The number of nitrogens with zero attached hydrogens (tertiary/aromatic N) is 2. The third-order valence-electron chi connectivity index (χ3n) is 5.07. The summed E-state index contributed by atoms with van der Waals surface area (Å²) in [5.74, 6) is -0.531. The summed E-state index contributed by atoms with van der Waals surface area (Å²) in [4.78, 5) is 25.1. The fraction of sp³-hybridized carbons (Fsp3) is 0.292. The van der Waals surface area contributed by atoms with E-state index in [9.17, 15) is 9.59 Å². The van der Waals surface area contributed by atoms with Crippen LogP contribution in [0.2, 0.25) is 0 Å². The van der Waals surface area contributed by atoms with Crippen LogP contribution in [-0.2, 0) is 11.3 Å². The highest BCUT2D eigenvalue weighted by molar-refractivity contribution is 6.01. The summed E-state index contributed by atoms with van der Waals surface area (Å²) in [6.07, 6.45) is 1.75. The summed E-state index contributed by atoms with van der Waals surface area (Å²) in [7, 11) is 0. The van der Waals surface area contributed by atoms with Crippen molar-refractivity contribution in [2.24, 2.45) is 0 Å². The van der Waals surface area contributed by atoms with Crippen molar-refractivity contribution < 1.29 is 9.59 Å². The fourth-order valence-electron chi connectivity index (χ4n) is 3.21. The van der Waals surface area contributed by atoms with Crippen molar-refractivity contribution in [1.82, 2.24) is 20.4 Å². The van der Waals surface area contributed by atoms with Crippen LogP contribution in [0.4, 0.5) is 0 Å². The van der Waals surface area contributed by atoms with Gasteiger partial charge in [-0.15, -0.1) is 0 Å². The molecule has 1 heterocycles. The van der Waals surface area contributed by atoms with Gasteiger partial charge in [0, 0.05) is 18.3 Å². The molecule has 156 valence electrons. The summed E-state index contributed by atoms with van der Waals surface area (Å²) in [6.45, 7) is 8.68. The fourth-order valence-corrected chi connectivity index (χ4v) is 3.21. The molecule has 0 bridgehead atoms. The molecule has 3 aromatic rings. The third kappa shape index (κ3) is 4.95. The van der Waals surface area contributed by atoms with Crippen molar-refractivity contribution in [1.29, 1.82) is 0 Å². The molecule has 0 radical (unpaired) electrons. The van der Waals surface area contributed by atoms with Gasteiger partial charge in [-0.3, -0.25) is 14.3 Å². The minimum absolute atomic E-state index is 0.213. The molecule has 0 aliphatic heterocycles. The maximum absolute atomic E-state index is 13.0. The first-order chi connectivity index (χ1) is 14.4. The molecule has 3 rings (SSSR count).